The third kappa shape index (κ3) is 8.37. The quantitative estimate of drug-likeness (QED) is 0.379. The molecule has 112 valence electrons. The Morgan fingerprint density at radius 3 is 2.89 bits per heavy atom. The summed E-state index contributed by atoms with van der Waals surface area (Å²) in [6.07, 6.45) is 5.99. The van der Waals surface area contributed by atoms with E-state index in [4.69, 9.17) is 4.74 Å². The Labute approximate surface area is 122 Å². The Bertz CT molecular complexity index is 257. The van der Waals surface area contributed by atoms with Gasteiger partial charge >= 0.3 is 0 Å². The highest BCUT2D eigenvalue weighted by Gasteiger charge is 2.21. The van der Waals surface area contributed by atoms with Crippen LogP contribution < -0.4 is 5.32 Å². The molecule has 1 rings (SSSR count). The molecule has 0 heterocycles. The number of nitrogens with zero attached hydrogens (tertiary/aromatic N) is 2. The molecule has 1 aliphatic rings. The Morgan fingerprint density at radius 1 is 1.47 bits per heavy atom. The molecule has 1 N–H and O–H groups in total. The third-order valence-electron chi connectivity index (χ3n) is 3.09. The van der Waals surface area contributed by atoms with Crippen molar-refractivity contribution < 1.29 is 4.74 Å². The summed E-state index contributed by atoms with van der Waals surface area (Å²) < 4.78 is 5.67. The van der Waals surface area contributed by atoms with E-state index < -0.39 is 0 Å². The van der Waals surface area contributed by atoms with E-state index in [1.165, 1.54) is 18.6 Å². The second-order valence-electron chi connectivity index (χ2n) is 5.02. The van der Waals surface area contributed by atoms with Crippen LogP contribution in [0.4, 0.5) is 0 Å². The maximum absolute atomic E-state index is 5.67. The molecular formula is C14H29N3OS. The van der Waals surface area contributed by atoms with Gasteiger partial charge in [-0.3, -0.25) is 4.99 Å². The van der Waals surface area contributed by atoms with Gasteiger partial charge in [0.15, 0.2) is 5.96 Å². The molecule has 1 aliphatic carbocycles. The molecule has 5 heteroatoms. The highest BCUT2D eigenvalue weighted by Crippen LogP contribution is 2.28. The van der Waals surface area contributed by atoms with E-state index in [1.807, 2.05) is 11.8 Å². The maximum Gasteiger partial charge on any atom is 0.193 e. The van der Waals surface area contributed by atoms with Gasteiger partial charge in [-0.1, -0.05) is 0 Å². The number of ether oxygens (including phenoxy) is 1. The highest BCUT2D eigenvalue weighted by molar-refractivity contribution is 7.98. The highest BCUT2D eigenvalue weighted by atomic mass is 32.2. The van der Waals surface area contributed by atoms with Crippen molar-refractivity contribution in [3.63, 3.8) is 0 Å². The van der Waals surface area contributed by atoms with Crippen LogP contribution in [0.15, 0.2) is 4.99 Å². The predicted molar refractivity (Wildman–Crippen MR) is 85.2 cm³/mol. The van der Waals surface area contributed by atoms with Gasteiger partial charge in [-0.25, -0.2) is 0 Å². The zero-order chi connectivity index (χ0) is 13.9. The lowest BCUT2D eigenvalue weighted by Crippen LogP contribution is -2.40. The van der Waals surface area contributed by atoms with Crippen LogP contribution >= 0.6 is 11.8 Å². The van der Waals surface area contributed by atoms with E-state index in [1.54, 1.807) is 0 Å². The fraction of sp³-hybridized carbons (Fsp3) is 0.929. The standard InChI is InChI=1S/C14H29N3OS/c1-4-15-14(16-8-5-11-19-3)17(2)9-10-18-12-13-6-7-13/h13H,4-12H2,1-3H3,(H,15,16). The van der Waals surface area contributed by atoms with Gasteiger partial charge in [0.1, 0.15) is 0 Å². The zero-order valence-electron chi connectivity index (χ0n) is 12.7. The first-order chi connectivity index (χ1) is 9.27. The minimum absolute atomic E-state index is 0.794. The van der Waals surface area contributed by atoms with E-state index in [9.17, 15) is 0 Å². The van der Waals surface area contributed by atoms with Gasteiger partial charge < -0.3 is 15.0 Å². The van der Waals surface area contributed by atoms with Crippen LogP contribution in [0.3, 0.4) is 0 Å². The fourth-order valence-electron chi connectivity index (χ4n) is 1.71. The lowest BCUT2D eigenvalue weighted by atomic mass is 10.5. The van der Waals surface area contributed by atoms with E-state index in [2.05, 4.69) is 35.4 Å². The smallest absolute Gasteiger partial charge is 0.193 e. The minimum atomic E-state index is 0.794. The molecule has 0 amide bonds. The summed E-state index contributed by atoms with van der Waals surface area (Å²) in [4.78, 5) is 6.80. The van der Waals surface area contributed by atoms with Crippen molar-refractivity contribution in [2.24, 2.45) is 10.9 Å². The summed E-state index contributed by atoms with van der Waals surface area (Å²) >= 11 is 1.88. The molecule has 1 saturated carbocycles. The molecule has 0 saturated heterocycles. The second-order valence-corrected chi connectivity index (χ2v) is 6.01. The van der Waals surface area contributed by atoms with Gasteiger partial charge in [0.2, 0.25) is 0 Å². The second kappa shape index (κ2) is 10.4. The number of guanidine groups is 1. The molecule has 0 aromatic rings. The first-order valence-electron chi connectivity index (χ1n) is 7.34. The van der Waals surface area contributed by atoms with Gasteiger partial charge in [-0.05, 0) is 44.1 Å². The topological polar surface area (TPSA) is 36.9 Å². The van der Waals surface area contributed by atoms with Gasteiger partial charge in [-0.15, -0.1) is 0 Å². The number of rotatable bonds is 10. The molecule has 4 nitrogen and oxygen atoms in total. The van der Waals surface area contributed by atoms with Gasteiger partial charge in [0.25, 0.3) is 0 Å². The van der Waals surface area contributed by atoms with Crippen molar-refractivity contribution in [3.8, 4) is 0 Å². The summed E-state index contributed by atoms with van der Waals surface area (Å²) in [5.74, 6) is 3.02. The molecule has 0 unspecified atom stereocenters. The molecule has 0 radical (unpaired) electrons. The Kier molecular flexibility index (Phi) is 9.08. The van der Waals surface area contributed by atoms with Crippen molar-refractivity contribution in [3.05, 3.63) is 0 Å². The summed E-state index contributed by atoms with van der Waals surface area (Å²) in [6, 6.07) is 0. The third-order valence-corrected chi connectivity index (χ3v) is 3.78. The lowest BCUT2D eigenvalue weighted by Gasteiger charge is -2.22. The molecule has 19 heavy (non-hydrogen) atoms. The van der Waals surface area contributed by atoms with Crippen LogP contribution in [0, 0.1) is 5.92 Å². The number of hydrogen-bond acceptors (Lipinski definition) is 3. The van der Waals surface area contributed by atoms with Crippen LogP contribution in [0.25, 0.3) is 0 Å². The number of likely N-dealkylation sites (N-methyl/N-ethyl adjacent to an activating group) is 1. The fourth-order valence-corrected chi connectivity index (χ4v) is 2.12. The van der Waals surface area contributed by atoms with E-state index in [0.29, 0.717) is 0 Å². The van der Waals surface area contributed by atoms with Crippen molar-refractivity contribution in [2.45, 2.75) is 26.2 Å². The van der Waals surface area contributed by atoms with Crippen LogP contribution in [0.2, 0.25) is 0 Å². The number of thioether (sulfide) groups is 1. The van der Waals surface area contributed by atoms with Crippen molar-refractivity contribution >= 4 is 17.7 Å². The molecule has 0 aliphatic heterocycles. The average molecular weight is 287 g/mol. The van der Waals surface area contributed by atoms with Crippen molar-refractivity contribution in [1.29, 1.82) is 0 Å². The molecular weight excluding hydrogens is 258 g/mol. The monoisotopic (exact) mass is 287 g/mol. The molecule has 0 spiro atoms. The summed E-state index contributed by atoms with van der Waals surface area (Å²) in [5, 5.41) is 3.33. The summed E-state index contributed by atoms with van der Waals surface area (Å²) in [6.45, 7) is 6.55. The molecule has 1 fully saturated rings. The van der Waals surface area contributed by atoms with Crippen molar-refractivity contribution in [1.82, 2.24) is 10.2 Å². The summed E-state index contributed by atoms with van der Waals surface area (Å²) in [7, 11) is 2.08. The molecule has 0 aromatic heterocycles. The first-order valence-corrected chi connectivity index (χ1v) is 8.73. The molecule has 0 aromatic carbocycles. The van der Waals surface area contributed by atoms with Crippen LogP contribution in [0.5, 0.6) is 0 Å². The maximum atomic E-state index is 5.67. The van der Waals surface area contributed by atoms with Gasteiger partial charge in [-0.2, -0.15) is 11.8 Å². The molecule has 0 bridgehead atoms. The molecule has 0 atom stereocenters. The largest absolute Gasteiger partial charge is 0.379 e. The minimum Gasteiger partial charge on any atom is -0.379 e. The Hall–Kier alpha value is -0.420. The van der Waals surface area contributed by atoms with Gasteiger partial charge in [0.05, 0.1) is 6.61 Å². The predicted octanol–water partition coefficient (Wildman–Crippen LogP) is 2.06. The van der Waals surface area contributed by atoms with E-state index in [-0.39, 0.29) is 0 Å². The van der Waals surface area contributed by atoms with Crippen LogP contribution in [0.1, 0.15) is 26.2 Å². The number of hydrogen-bond donors (Lipinski definition) is 1. The Balaban J connectivity index is 2.18. The normalized spacial score (nSPS) is 15.6. The van der Waals surface area contributed by atoms with Crippen LogP contribution in [-0.4, -0.2) is 62.8 Å². The average Bonchev–Trinajstić information content (AvgIpc) is 3.22. The zero-order valence-corrected chi connectivity index (χ0v) is 13.5. The SMILES string of the molecule is CCNC(=NCCCSC)N(C)CCOCC1CC1. The lowest BCUT2D eigenvalue weighted by molar-refractivity contribution is 0.115. The summed E-state index contributed by atoms with van der Waals surface area (Å²) in [5.41, 5.74) is 0. The van der Waals surface area contributed by atoms with E-state index >= 15 is 0 Å². The number of nitrogens with one attached hydrogen (secondary N) is 1. The Morgan fingerprint density at radius 2 is 2.26 bits per heavy atom. The van der Waals surface area contributed by atoms with Gasteiger partial charge in [0, 0.05) is 33.3 Å². The number of aliphatic imine (C=N–C) groups is 1. The first kappa shape index (κ1) is 16.6. The van der Waals surface area contributed by atoms with E-state index in [0.717, 1.165) is 51.1 Å². The van der Waals surface area contributed by atoms with Crippen molar-refractivity contribution in [2.75, 3.05) is 51.9 Å². The van der Waals surface area contributed by atoms with Crippen LogP contribution in [-0.2, 0) is 4.74 Å².